The molecule has 0 saturated carbocycles. The molecule has 2 aliphatic heterocycles. The predicted octanol–water partition coefficient (Wildman–Crippen LogP) is 0.863. The van der Waals surface area contributed by atoms with Crippen molar-refractivity contribution in [2.45, 2.75) is 29.1 Å². The van der Waals surface area contributed by atoms with Crippen LogP contribution in [0, 0.1) is 0 Å². The number of thioether (sulfide) groups is 1. The molecular weight excluding hydrogens is 344 g/mol. The molecule has 2 aliphatic rings. The predicted molar refractivity (Wildman–Crippen MR) is 92.1 cm³/mol. The van der Waals surface area contributed by atoms with Crippen molar-refractivity contribution in [2.75, 3.05) is 6.61 Å². The molecule has 2 fully saturated rings. The van der Waals surface area contributed by atoms with Gasteiger partial charge in [0.05, 0.1) is 4.75 Å². The number of para-hydroxylation sites is 1. The number of hydrogen-bond acceptors (Lipinski definition) is 5. The van der Waals surface area contributed by atoms with E-state index in [0.29, 0.717) is 5.75 Å². The highest BCUT2D eigenvalue weighted by molar-refractivity contribution is 8.02. The smallest absolute Gasteiger partial charge is 0.328 e. The van der Waals surface area contributed by atoms with Crippen LogP contribution in [0.25, 0.3) is 0 Å². The van der Waals surface area contributed by atoms with Gasteiger partial charge in [0, 0.05) is 0 Å². The lowest BCUT2D eigenvalue weighted by molar-refractivity contribution is -0.160. The van der Waals surface area contributed by atoms with Crippen molar-refractivity contribution in [3.05, 3.63) is 43.0 Å². The Kier molecular flexibility index (Phi) is 4.47. The first kappa shape index (κ1) is 17.3. The number of nitrogens with one attached hydrogen (secondary N) is 1. The van der Waals surface area contributed by atoms with Crippen LogP contribution in [-0.2, 0) is 14.4 Å². The molecule has 3 rings (SSSR count). The van der Waals surface area contributed by atoms with E-state index in [1.807, 2.05) is 6.07 Å². The van der Waals surface area contributed by atoms with Crippen molar-refractivity contribution >= 4 is 29.5 Å². The van der Waals surface area contributed by atoms with E-state index in [-0.39, 0.29) is 6.61 Å². The van der Waals surface area contributed by atoms with E-state index in [1.54, 1.807) is 37.3 Å². The van der Waals surface area contributed by atoms with Crippen LogP contribution >= 0.6 is 11.8 Å². The van der Waals surface area contributed by atoms with Gasteiger partial charge in [0.1, 0.15) is 23.2 Å². The van der Waals surface area contributed by atoms with Crippen LogP contribution in [0.2, 0.25) is 0 Å². The summed E-state index contributed by atoms with van der Waals surface area (Å²) in [6.45, 7) is 5.20. The maximum Gasteiger partial charge on any atom is 0.328 e. The van der Waals surface area contributed by atoms with E-state index in [0.717, 1.165) is 0 Å². The minimum Gasteiger partial charge on any atom is -0.484 e. The Morgan fingerprint density at radius 2 is 2.12 bits per heavy atom. The first-order valence-electron chi connectivity index (χ1n) is 7.71. The van der Waals surface area contributed by atoms with Gasteiger partial charge in [0.2, 0.25) is 5.91 Å². The molecule has 0 bridgehead atoms. The van der Waals surface area contributed by atoms with Crippen LogP contribution in [0.5, 0.6) is 5.75 Å². The van der Waals surface area contributed by atoms with Gasteiger partial charge in [-0.1, -0.05) is 24.3 Å². The standard InChI is InChI=1S/C17H18N2O5S/c1-3-17(2)13(16(22)23)19-14(21)12(15(19)25-17)18-11(20)9-24-10-7-5-4-6-8-10/h3-8,12-13,15H,1,9H2,2H3,(H,18,20)(H,22,23)/t12-,13?,15-,17-/m1/s1. The molecule has 2 N–H and O–H groups in total. The fourth-order valence-corrected chi connectivity index (χ4v) is 4.64. The topological polar surface area (TPSA) is 95.9 Å². The molecule has 2 heterocycles. The number of aliphatic carboxylic acids is 1. The Bertz CT molecular complexity index is 725. The summed E-state index contributed by atoms with van der Waals surface area (Å²) >= 11 is 1.32. The maximum absolute atomic E-state index is 12.3. The van der Waals surface area contributed by atoms with Gasteiger partial charge in [-0.15, -0.1) is 18.3 Å². The third-order valence-electron chi connectivity index (χ3n) is 4.34. The second kappa shape index (κ2) is 6.44. The normalized spacial score (nSPS) is 30.2. The highest BCUT2D eigenvalue weighted by Gasteiger charge is 2.64. The number of ether oxygens (including phenoxy) is 1. The Labute approximate surface area is 149 Å². The van der Waals surface area contributed by atoms with Gasteiger partial charge in [0.25, 0.3) is 5.91 Å². The van der Waals surface area contributed by atoms with Gasteiger partial charge in [-0.05, 0) is 19.1 Å². The van der Waals surface area contributed by atoms with Crippen molar-refractivity contribution in [2.24, 2.45) is 0 Å². The van der Waals surface area contributed by atoms with Crippen LogP contribution in [-0.4, -0.2) is 56.6 Å². The largest absolute Gasteiger partial charge is 0.484 e. The zero-order valence-electron chi connectivity index (χ0n) is 13.5. The van der Waals surface area contributed by atoms with Crippen LogP contribution < -0.4 is 10.1 Å². The Hall–Kier alpha value is -2.48. The highest BCUT2D eigenvalue weighted by Crippen LogP contribution is 2.51. The minimum absolute atomic E-state index is 0.216. The van der Waals surface area contributed by atoms with Crippen molar-refractivity contribution in [3.8, 4) is 5.75 Å². The second-order valence-electron chi connectivity index (χ2n) is 6.03. The monoisotopic (exact) mass is 362 g/mol. The number of benzene rings is 1. The molecule has 1 aromatic carbocycles. The lowest BCUT2D eigenvalue weighted by Gasteiger charge is -2.43. The lowest BCUT2D eigenvalue weighted by atomic mass is 9.94. The van der Waals surface area contributed by atoms with E-state index in [9.17, 15) is 19.5 Å². The molecule has 2 amide bonds. The number of carbonyl (C=O) groups excluding carboxylic acids is 2. The van der Waals surface area contributed by atoms with Gasteiger partial charge in [-0.3, -0.25) is 9.59 Å². The van der Waals surface area contributed by atoms with Crippen LogP contribution in [0.3, 0.4) is 0 Å². The zero-order valence-corrected chi connectivity index (χ0v) is 14.4. The summed E-state index contributed by atoms with van der Waals surface area (Å²) in [5.74, 6) is -1.35. The number of carbonyl (C=O) groups is 3. The number of rotatable bonds is 6. The summed E-state index contributed by atoms with van der Waals surface area (Å²) in [5.41, 5.74) is 0. The fourth-order valence-electron chi connectivity index (χ4n) is 3.02. The number of β-lactam (4-membered cyclic amide) rings is 1. The quantitative estimate of drug-likeness (QED) is 0.576. The van der Waals surface area contributed by atoms with E-state index in [4.69, 9.17) is 4.74 Å². The number of fused-ring (bicyclic) bond motifs is 1. The third kappa shape index (κ3) is 2.97. The molecule has 0 radical (unpaired) electrons. The van der Waals surface area contributed by atoms with Crippen LogP contribution in [0.1, 0.15) is 6.92 Å². The lowest BCUT2D eigenvalue weighted by Crippen LogP contribution is -2.70. The first-order chi connectivity index (χ1) is 11.9. The van der Waals surface area contributed by atoms with Gasteiger partial charge < -0.3 is 20.1 Å². The van der Waals surface area contributed by atoms with Gasteiger partial charge in [-0.25, -0.2) is 4.79 Å². The molecule has 2 saturated heterocycles. The third-order valence-corrected chi connectivity index (χ3v) is 5.98. The first-order valence-corrected chi connectivity index (χ1v) is 8.59. The Morgan fingerprint density at radius 3 is 2.72 bits per heavy atom. The molecule has 132 valence electrons. The van der Waals surface area contributed by atoms with Gasteiger partial charge in [0.15, 0.2) is 6.61 Å². The van der Waals surface area contributed by atoms with E-state index < -0.39 is 40.0 Å². The molecule has 0 spiro atoms. The number of carboxylic acids is 1. The SMILES string of the molecule is C=C[C@@]1(C)S[C@@H]2[C@H](NC(=O)COc3ccccc3)C(=O)N2C1C(=O)O. The molecule has 1 aromatic rings. The van der Waals surface area contributed by atoms with Crippen molar-refractivity contribution in [3.63, 3.8) is 0 Å². The average Bonchev–Trinajstić information content (AvgIpc) is 2.89. The van der Waals surface area contributed by atoms with E-state index >= 15 is 0 Å². The summed E-state index contributed by atoms with van der Waals surface area (Å²) in [7, 11) is 0. The van der Waals surface area contributed by atoms with E-state index in [1.165, 1.54) is 16.7 Å². The fraction of sp³-hybridized carbons (Fsp3) is 0.353. The van der Waals surface area contributed by atoms with Crippen LogP contribution in [0.4, 0.5) is 0 Å². The average molecular weight is 362 g/mol. The van der Waals surface area contributed by atoms with E-state index in [2.05, 4.69) is 11.9 Å². The Morgan fingerprint density at radius 1 is 1.44 bits per heavy atom. The molecule has 25 heavy (non-hydrogen) atoms. The molecule has 8 heteroatoms. The zero-order chi connectivity index (χ0) is 18.2. The number of carboxylic acid groups (broad SMARTS) is 1. The summed E-state index contributed by atoms with van der Waals surface area (Å²) in [5, 5.41) is 11.6. The van der Waals surface area contributed by atoms with Crippen molar-refractivity contribution < 1.29 is 24.2 Å². The van der Waals surface area contributed by atoms with Crippen LogP contribution in [0.15, 0.2) is 43.0 Å². The Balaban J connectivity index is 1.62. The molecule has 1 unspecified atom stereocenters. The second-order valence-corrected chi connectivity index (χ2v) is 7.63. The molecular formula is C17H18N2O5S. The number of amides is 2. The van der Waals surface area contributed by atoms with Crippen molar-refractivity contribution in [1.82, 2.24) is 10.2 Å². The molecule has 0 aromatic heterocycles. The van der Waals surface area contributed by atoms with Gasteiger partial charge in [-0.2, -0.15) is 0 Å². The van der Waals surface area contributed by atoms with Gasteiger partial charge >= 0.3 is 5.97 Å². The number of nitrogens with zero attached hydrogens (tertiary/aromatic N) is 1. The summed E-state index contributed by atoms with van der Waals surface area (Å²) in [4.78, 5) is 37.2. The summed E-state index contributed by atoms with van der Waals surface area (Å²) in [6.07, 6.45) is 1.54. The summed E-state index contributed by atoms with van der Waals surface area (Å²) < 4.78 is 4.55. The molecule has 7 nitrogen and oxygen atoms in total. The number of hydrogen-bond donors (Lipinski definition) is 2. The summed E-state index contributed by atoms with van der Waals surface area (Å²) in [6, 6.07) is 7.13. The minimum atomic E-state index is -1.08. The maximum atomic E-state index is 12.3. The molecule has 0 aliphatic carbocycles. The molecule has 4 atom stereocenters. The van der Waals surface area contributed by atoms with Crippen molar-refractivity contribution in [1.29, 1.82) is 0 Å². The highest BCUT2D eigenvalue weighted by atomic mass is 32.2.